The van der Waals surface area contributed by atoms with Gasteiger partial charge in [0.25, 0.3) is 5.91 Å². The first-order chi connectivity index (χ1) is 12.5. The summed E-state index contributed by atoms with van der Waals surface area (Å²) in [4.78, 5) is 25.1. The number of esters is 1. The van der Waals surface area contributed by atoms with E-state index in [9.17, 15) is 9.59 Å². The van der Waals surface area contributed by atoms with E-state index in [1.807, 2.05) is 4.90 Å². The lowest BCUT2D eigenvalue weighted by Crippen LogP contribution is -2.42. The highest BCUT2D eigenvalue weighted by molar-refractivity contribution is 5.85. The summed E-state index contributed by atoms with van der Waals surface area (Å²) in [7, 11) is 2.90. The van der Waals surface area contributed by atoms with Gasteiger partial charge in [0.05, 0.1) is 40.2 Å². The molecule has 0 aliphatic carbocycles. The van der Waals surface area contributed by atoms with Crippen LogP contribution in [0.2, 0.25) is 0 Å². The van der Waals surface area contributed by atoms with E-state index in [2.05, 4.69) is 10.5 Å². The summed E-state index contributed by atoms with van der Waals surface area (Å²) in [6.07, 6.45) is 1.46. The molecule has 1 fully saturated rings. The lowest BCUT2D eigenvalue weighted by atomic mass is 10.2. The quantitative estimate of drug-likeness (QED) is 0.323. The number of hydrazone groups is 1. The average molecular weight is 365 g/mol. The van der Waals surface area contributed by atoms with E-state index in [1.165, 1.54) is 27.4 Å². The van der Waals surface area contributed by atoms with Crippen LogP contribution in [0.3, 0.4) is 0 Å². The Hall–Kier alpha value is -2.65. The Balaban J connectivity index is 2.02. The molecule has 1 heterocycles. The highest BCUT2D eigenvalue weighted by atomic mass is 16.6. The van der Waals surface area contributed by atoms with Crippen LogP contribution in [-0.2, 0) is 14.3 Å². The Labute approximate surface area is 151 Å². The molecule has 0 bridgehead atoms. The van der Waals surface area contributed by atoms with Crippen molar-refractivity contribution >= 4 is 18.1 Å². The molecule has 0 unspecified atom stereocenters. The number of morpholine rings is 1. The highest BCUT2D eigenvalue weighted by Crippen LogP contribution is 2.38. The maximum absolute atomic E-state index is 11.9. The maximum Gasteiger partial charge on any atom is 0.308 e. The van der Waals surface area contributed by atoms with Crippen molar-refractivity contribution in [3.05, 3.63) is 17.7 Å². The van der Waals surface area contributed by atoms with Crippen molar-refractivity contribution in [2.45, 2.75) is 6.92 Å². The van der Waals surface area contributed by atoms with Crippen molar-refractivity contribution in [2.75, 3.05) is 47.1 Å². The predicted molar refractivity (Wildman–Crippen MR) is 93.9 cm³/mol. The zero-order valence-corrected chi connectivity index (χ0v) is 15.1. The zero-order chi connectivity index (χ0) is 18.9. The number of rotatable bonds is 7. The molecule has 2 rings (SSSR count). The van der Waals surface area contributed by atoms with E-state index < -0.39 is 5.97 Å². The van der Waals surface area contributed by atoms with Gasteiger partial charge < -0.3 is 18.9 Å². The zero-order valence-electron chi connectivity index (χ0n) is 15.1. The van der Waals surface area contributed by atoms with Gasteiger partial charge in [-0.15, -0.1) is 0 Å². The van der Waals surface area contributed by atoms with Gasteiger partial charge in [-0.2, -0.15) is 5.10 Å². The van der Waals surface area contributed by atoms with Gasteiger partial charge in [-0.05, 0) is 12.1 Å². The van der Waals surface area contributed by atoms with E-state index in [0.717, 1.165) is 13.1 Å². The lowest BCUT2D eigenvalue weighted by molar-refractivity contribution is -0.132. The molecule has 0 spiro atoms. The Morgan fingerprint density at radius 1 is 1.23 bits per heavy atom. The highest BCUT2D eigenvalue weighted by Gasteiger charge is 2.16. The topological polar surface area (TPSA) is 98.7 Å². The fourth-order valence-electron chi connectivity index (χ4n) is 2.40. The molecule has 0 atom stereocenters. The largest absolute Gasteiger partial charge is 0.493 e. The molecule has 9 nitrogen and oxygen atoms in total. The molecule has 1 aliphatic rings. The number of methoxy groups -OCH3 is 2. The van der Waals surface area contributed by atoms with Crippen LogP contribution in [0.15, 0.2) is 17.2 Å². The first kappa shape index (κ1) is 19.7. The van der Waals surface area contributed by atoms with Gasteiger partial charge in [-0.25, -0.2) is 5.43 Å². The maximum atomic E-state index is 11.9. The number of carbonyl (C=O) groups excluding carboxylic acids is 2. The van der Waals surface area contributed by atoms with Crippen LogP contribution in [-0.4, -0.2) is 70.1 Å². The minimum Gasteiger partial charge on any atom is -0.493 e. The van der Waals surface area contributed by atoms with Crippen LogP contribution in [0.25, 0.3) is 0 Å². The second-order valence-electron chi connectivity index (χ2n) is 5.53. The standard InChI is InChI=1S/C17H23N3O6/c1-12(21)26-17-14(23-2)8-13(9-15(17)24-3)10-18-19-16(22)11-20-4-6-25-7-5-20/h8-10H,4-7,11H2,1-3H3,(H,19,22)/b18-10-. The molecule has 0 aromatic heterocycles. The Morgan fingerprint density at radius 2 is 1.85 bits per heavy atom. The van der Waals surface area contributed by atoms with Crippen molar-refractivity contribution in [1.29, 1.82) is 0 Å². The Bertz CT molecular complexity index is 645. The third-order valence-electron chi connectivity index (χ3n) is 3.60. The van der Waals surface area contributed by atoms with Gasteiger partial charge in [0.15, 0.2) is 11.5 Å². The van der Waals surface area contributed by atoms with Gasteiger partial charge in [0.2, 0.25) is 5.75 Å². The molecule has 26 heavy (non-hydrogen) atoms. The van der Waals surface area contributed by atoms with E-state index in [-0.39, 0.29) is 18.2 Å². The summed E-state index contributed by atoms with van der Waals surface area (Å²) < 4.78 is 20.8. The van der Waals surface area contributed by atoms with Gasteiger partial charge in [0.1, 0.15) is 0 Å². The van der Waals surface area contributed by atoms with Crippen molar-refractivity contribution in [3.8, 4) is 17.2 Å². The lowest BCUT2D eigenvalue weighted by Gasteiger charge is -2.25. The van der Waals surface area contributed by atoms with Crippen LogP contribution in [0.4, 0.5) is 0 Å². The number of hydrogen-bond donors (Lipinski definition) is 1. The summed E-state index contributed by atoms with van der Waals surface area (Å²) in [6, 6.07) is 3.25. The van der Waals surface area contributed by atoms with Gasteiger partial charge >= 0.3 is 5.97 Å². The average Bonchev–Trinajstić information content (AvgIpc) is 2.62. The second-order valence-corrected chi connectivity index (χ2v) is 5.53. The van der Waals surface area contributed by atoms with Gasteiger partial charge in [-0.3, -0.25) is 14.5 Å². The van der Waals surface area contributed by atoms with Crippen LogP contribution in [0, 0.1) is 0 Å². The molecule has 9 heteroatoms. The summed E-state index contributed by atoms with van der Waals surface area (Å²) in [5.74, 6) is 0.134. The van der Waals surface area contributed by atoms with Crippen molar-refractivity contribution in [3.63, 3.8) is 0 Å². The third-order valence-corrected chi connectivity index (χ3v) is 3.60. The SMILES string of the molecule is COc1cc(/C=N\NC(=O)CN2CCOCC2)cc(OC)c1OC(C)=O. The minimum absolute atomic E-state index is 0.191. The number of nitrogens with zero attached hydrogens (tertiary/aromatic N) is 2. The second kappa shape index (κ2) is 9.73. The summed E-state index contributed by atoms with van der Waals surface area (Å²) >= 11 is 0. The fourth-order valence-corrected chi connectivity index (χ4v) is 2.40. The summed E-state index contributed by atoms with van der Waals surface area (Å²) in [5, 5.41) is 3.95. The normalized spacial score (nSPS) is 14.9. The molecule has 1 saturated heterocycles. The first-order valence-electron chi connectivity index (χ1n) is 8.10. The van der Waals surface area contributed by atoms with Gasteiger partial charge in [0, 0.05) is 25.6 Å². The van der Waals surface area contributed by atoms with Crippen LogP contribution >= 0.6 is 0 Å². The van der Waals surface area contributed by atoms with Gasteiger partial charge in [-0.1, -0.05) is 0 Å². The number of benzene rings is 1. The summed E-state index contributed by atoms with van der Waals surface area (Å²) in [5.41, 5.74) is 3.09. The number of nitrogens with one attached hydrogen (secondary N) is 1. The van der Waals surface area contributed by atoms with Crippen LogP contribution in [0.1, 0.15) is 12.5 Å². The first-order valence-corrected chi connectivity index (χ1v) is 8.10. The smallest absolute Gasteiger partial charge is 0.308 e. The molecule has 1 aromatic carbocycles. The van der Waals surface area contributed by atoms with Crippen molar-refractivity contribution < 1.29 is 28.5 Å². The van der Waals surface area contributed by atoms with E-state index in [0.29, 0.717) is 30.3 Å². The monoisotopic (exact) mass is 365 g/mol. The van der Waals surface area contributed by atoms with E-state index >= 15 is 0 Å². The number of ether oxygens (including phenoxy) is 4. The summed E-state index contributed by atoms with van der Waals surface area (Å²) in [6.45, 7) is 4.26. The Morgan fingerprint density at radius 3 is 2.38 bits per heavy atom. The fraction of sp³-hybridized carbons (Fsp3) is 0.471. The molecule has 1 aromatic rings. The number of amides is 1. The van der Waals surface area contributed by atoms with E-state index in [1.54, 1.807) is 12.1 Å². The molecular formula is C17H23N3O6. The molecule has 1 N–H and O–H groups in total. The predicted octanol–water partition coefficient (Wildman–Crippen LogP) is 0.411. The van der Waals surface area contributed by atoms with Crippen LogP contribution < -0.4 is 19.6 Å². The molecule has 0 saturated carbocycles. The van der Waals surface area contributed by atoms with Crippen molar-refractivity contribution in [1.82, 2.24) is 10.3 Å². The molecule has 1 amide bonds. The molecule has 142 valence electrons. The molecular weight excluding hydrogens is 342 g/mol. The third kappa shape index (κ3) is 5.71. The minimum atomic E-state index is -0.488. The van der Waals surface area contributed by atoms with E-state index in [4.69, 9.17) is 18.9 Å². The number of carbonyl (C=O) groups is 2. The molecule has 1 aliphatic heterocycles. The number of hydrogen-bond acceptors (Lipinski definition) is 8. The Kier molecular flexibility index (Phi) is 7.37. The van der Waals surface area contributed by atoms with Crippen molar-refractivity contribution in [2.24, 2.45) is 5.10 Å². The molecule has 0 radical (unpaired) electrons. The van der Waals surface area contributed by atoms with Crippen LogP contribution in [0.5, 0.6) is 17.2 Å².